The quantitative estimate of drug-likeness (QED) is 0.834. The molecule has 26 heavy (non-hydrogen) atoms. The summed E-state index contributed by atoms with van der Waals surface area (Å²) in [4.78, 5) is 36.8. The minimum atomic E-state index is -0.620. The molecule has 7 heteroatoms. The lowest BCUT2D eigenvalue weighted by Gasteiger charge is -2.20. The molecular weight excluding hydrogens is 337 g/mol. The number of nitrogens with one attached hydrogen (secondary N) is 2. The zero-order chi connectivity index (χ0) is 19.1. The number of hydrogen-bond donors (Lipinski definition) is 2. The lowest BCUT2D eigenvalue weighted by atomic mass is 10.2. The molecule has 0 radical (unpaired) electrons. The fourth-order valence-corrected chi connectivity index (χ4v) is 2.35. The molecule has 0 aromatic heterocycles. The van der Waals surface area contributed by atoms with E-state index in [9.17, 15) is 18.8 Å². The summed E-state index contributed by atoms with van der Waals surface area (Å²) < 4.78 is 13.8. The van der Waals surface area contributed by atoms with E-state index in [1.165, 1.54) is 30.0 Å². The van der Waals surface area contributed by atoms with Crippen LogP contribution in [-0.2, 0) is 9.59 Å². The van der Waals surface area contributed by atoms with E-state index in [4.69, 9.17) is 0 Å². The second-order valence-corrected chi connectivity index (χ2v) is 5.61. The summed E-state index contributed by atoms with van der Waals surface area (Å²) in [5.41, 5.74) is 1.07. The number of nitrogens with zero attached hydrogens (tertiary/aromatic N) is 1. The predicted molar refractivity (Wildman–Crippen MR) is 97.4 cm³/mol. The third-order valence-corrected chi connectivity index (χ3v) is 3.60. The van der Waals surface area contributed by atoms with Gasteiger partial charge >= 0.3 is 0 Å². The maximum absolute atomic E-state index is 13.8. The highest BCUT2D eigenvalue weighted by molar-refractivity contribution is 5.99. The summed E-state index contributed by atoms with van der Waals surface area (Å²) in [5.74, 6) is -1.75. The summed E-state index contributed by atoms with van der Waals surface area (Å²) in [5, 5.41) is 5.29. The van der Waals surface area contributed by atoms with Crippen molar-refractivity contribution in [2.75, 3.05) is 23.7 Å². The molecule has 2 N–H and O–H groups in total. The van der Waals surface area contributed by atoms with E-state index in [2.05, 4.69) is 10.6 Å². The molecule has 0 heterocycles. The topological polar surface area (TPSA) is 78.5 Å². The monoisotopic (exact) mass is 357 g/mol. The molecule has 2 rings (SSSR count). The largest absolute Gasteiger partial charge is 0.330 e. The van der Waals surface area contributed by atoms with Gasteiger partial charge in [-0.25, -0.2) is 4.39 Å². The molecule has 0 aliphatic rings. The first-order valence-electron chi connectivity index (χ1n) is 8.12. The van der Waals surface area contributed by atoms with Crippen molar-refractivity contribution >= 4 is 29.1 Å². The third kappa shape index (κ3) is 5.14. The molecule has 0 saturated heterocycles. The van der Waals surface area contributed by atoms with Gasteiger partial charge in [0.15, 0.2) is 0 Å². The first kappa shape index (κ1) is 19.1. The molecule has 2 aromatic carbocycles. The van der Waals surface area contributed by atoms with Crippen molar-refractivity contribution in [2.45, 2.75) is 13.8 Å². The van der Waals surface area contributed by atoms with Gasteiger partial charge in [-0.3, -0.25) is 14.4 Å². The number of likely N-dealkylation sites (N-methyl/N-ethyl adjacent to an activating group) is 1. The van der Waals surface area contributed by atoms with Gasteiger partial charge in [0.2, 0.25) is 11.8 Å². The molecule has 136 valence electrons. The minimum Gasteiger partial charge on any atom is -0.330 e. The Kier molecular flexibility index (Phi) is 6.43. The van der Waals surface area contributed by atoms with Gasteiger partial charge in [0.1, 0.15) is 12.4 Å². The number of benzene rings is 2. The molecule has 0 aliphatic heterocycles. The maximum atomic E-state index is 13.8. The Morgan fingerprint density at radius 1 is 0.962 bits per heavy atom. The van der Waals surface area contributed by atoms with Crippen molar-refractivity contribution < 1.29 is 18.8 Å². The van der Waals surface area contributed by atoms with Crippen LogP contribution in [-0.4, -0.2) is 35.7 Å². The third-order valence-electron chi connectivity index (χ3n) is 3.60. The first-order chi connectivity index (χ1) is 12.4. The van der Waals surface area contributed by atoms with Crippen molar-refractivity contribution in [3.8, 4) is 0 Å². The van der Waals surface area contributed by atoms with Gasteiger partial charge in [0, 0.05) is 24.8 Å². The number of halogens is 1. The number of carbonyl (C=O) groups excluding carboxylic acids is 3. The Balaban J connectivity index is 1.99. The van der Waals surface area contributed by atoms with Gasteiger partial charge in [-0.05, 0) is 43.3 Å². The number of hydrogen-bond acceptors (Lipinski definition) is 3. The molecule has 0 bridgehead atoms. The van der Waals surface area contributed by atoms with Crippen LogP contribution in [0.5, 0.6) is 0 Å². The van der Waals surface area contributed by atoms with Crippen LogP contribution in [0.2, 0.25) is 0 Å². The van der Waals surface area contributed by atoms with Crippen LogP contribution in [0, 0.1) is 5.82 Å². The van der Waals surface area contributed by atoms with Crippen LogP contribution in [0.1, 0.15) is 24.2 Å². The average molecular weight is 357 g/mol. The summed E-state index contributed by atoms with van der Waals surface area (Å²) in [6.45, 7) is 3.19. The number of anilines is 2. The molecule has 0 aliphatic carbocycles. The van der Waals surface area contributed by atoms with Crippen molar-refractivity contribution in [2.24, 2.45) is 0 Å². The van der Waals surface area contributed by atoms with Crippen LogP contribution >= 0.6 is 0 Å². The van der Waals surface area contributed by atoms with E-state index in [1.807, 2.05) is 0 Å². The van der Waals surface area contributed by atoms with Crippen molar-refractivity contribution in [3.63, 3.8) is 0 Å². The van der Waals surface area contributed by atoms with Crippen molar-refractivity contribution in [1.82, 2.24) is 4.90 Å². The molecule has 6 nitrogen and oxygen atoms in total. The van der Waals surface area contributed by atoms with E-state index in [0.717, 1.165) is 0 Å². The zero-order valence-corrected chi connectivity index (χ0v) is 14.6. The molecule has 0 fully saturated rings. The SMILES string of the molecule is CCN(CC(=O)Nc1ccc(NC(C)=O)cc1)C(=O)c1ccccc1F. The molecular formula is C19H20FN3O3. The molecule has 0 saturated carbocycles. The fourth-order valence-electron chi connectivity index (χ4n) is 2.35. The second-order valence-electron chi connectivity index (χ2n) is 5.61. The Bertz CT molecular complexity index is 806. The first-order valence-corrected chi connectivity index (χ1v) is 8.12. The minimum absolute atomic E-state index is 0.0678. The van der Waals surface area contributed by atoms with E-state index in [1.54, 1.807) is 37.3 Å². The van der Waals surface area contributed by atoms with Gasteiger partial charge in [0.05, 0.1) is 5.56 Å². The number of carbonyl (C=O) groups is 3. The zero-order valence-electron chi connectivity index (χ0n) is 14.6. The number of amides is 3. The average Bonchev–Trinajstić information content (AvgIpc) is 2.61. The highest BCUT2D eigenvalue weighted by atomic mass is 19.1. The van der Waals surface area contributed by atoms with E-state index in [0.29, 0.717) is 11.4 Å². The van der Waals surface area contributed by atoms with Crippen molar-refractivity contribution in [1.29, 1.82) is 0 Å². The van der Waals surface area contributed by atoms with Gasteiger partial charge in [-0.15, -0.1) is 0 Å². The Morgan fingerprint density at radius 3 is 2.08 bits per heavy atom. The van der Waals surface area contributed by atoms with Crippen LogP contribution in [0.3, 0.4) is 0 Å². The standard InChI is InChI=1S/C19H20FN3O3/c1-3-23(19(26)16-6-4-5-7-17(16)20)12-18(25)22-15-10-8-14(9-11-15)21-13(2)24/h4-11H,3,12H2,1-2H3,(H,21,24)(H,22,25). The van der Waals surface area contributed by atoms with Crippen LogP contribution in [0.25, 0.3) is 0 Å². The van der Waals surface area contributed by atoms with Gasteiger partial charge in [-0.1, -0.05) is 12.1 Å². The highest BCUT2D eigenvalue weighted by Gasteiger charge is 2.20. The summed E-state index contributed by atoms with van der Waals surface area (Å²) >= 11 is 0. The smallest absolute Gasteiger partial charge is 0.257 e. The van der Waals surface area contributed by atoms with Gasteiger partial charge < -0.3 is 15.5 Å². The lowest BCUT2D eigenvalue weighted by Crippen LogP contribution is -2.38. The molecule has 3 amide bonds. The lowest BCUT2D eigenvalue weighted by molar-refractivity contribution is -0.117. The summed E-state index contributed by atoms with van der Waals surface area (Å²) in [6.07, 6.45) is 0. The summed E-state index contributed by atoms with van der Waals surface area (Å²) in [7, 11) is 0. The fraction of sp³-hybridized carbons (Fsp3) is 0.211. The molecule has 0 spiro atoms. The molecule has 0 unspecified atom stereocenters. The van der Waals surface area contributed by atoms with Crippen molar-refractivity contribution in [3.05, 3.63) is 59.9 Å². The molecule has 2 aromatic rings. The van der Waals surface area contributed by atoms with Crippen LogP contribution in [0.4, 0.5) is 15.8 Å². The normalized spacial score (nSPS) is 10.1. The second kappa shape index (κ2) is 8.75. The van der Waals surface area contributed by atoms with Crippen LogP contribution < -0.4 is 10.6 Å². The Morgan fingerprint density at radius 2 is 1.54 bits per heavy atom. The van der Waals surface area contributed by atoms with E-state index < -0.39 is 17.6 Å². The molecule has 0 atom stereocenters. The Labute approximate surface area is 151 Å². The van der Waals surface area contributed by atoms with E-state index in [-0.39, 0.29) is 24.6 Å². The van der Waals surface area contributed by atoms with Crippen LogP contribution in [0.15, 0.2) is 48.5 Å². The number of rotatable bonds is 6. The summed E-state index contributed by atoms with van der Waals surface area (Å²) in [6, 6.07) is 12.2. The van der Waals surface area contributed by atoms with Gasteiger partial charge in [-0.2, -0.15) is 0 Å². The Hall–Kier alpha value is -3.22. The van der Waals surface area contributed by atoms with Gasteiger partial charge in [0.25, 0.3) is 5.91 Å². The predicted octanol–water partition coefficient (Wildman–Crippen LogP) is 2.88. The maximum Gasteiger partial charge on any atom is 0.257 e. The highest BCUT2D eigenvalue weighted by Crippen LogP contribution is 2.14. The van der Waals surface area contributed by atoms with E-state index >= 15 is 0 Å².